The van der Waals surface area contributed by atoms with Crippen LogP contribution in [0.5, 0.6) is 0 Å². The Morgan fingerprint density at radius 3 is 2.65 bits per heavy atom. The van der Waals surface area contributed by atoms with Crippen LogP contribution in [0.1, 0.15) is 29.7 Å². The first-order valence-corrected chi connectivity index (χ1v) is 9.38. The van der Waals surface area contributed by atoms with Crippen LogP contribution in [0.2, 0.25) is 10.0 Å². The van der Waals surface area contributed by atoms with Crippen molar-refractivity contribution in [1.82, 2.24) is 0 Å². The van der Waals surface area contributed by atoms with Crippen molar-refractivity contribution in [3.8, 4) is 0 Å². The first-order valence-electron chi connectivity index (χ1n) is 7.81. The van der Waals surface area contributed by atoms with Gasteiger partial charge in [0.25, 0.3) is 0 Å². The van der Waals surface area contributed by atoms with E-state index >= 15 is 0 Å². The van der Waals surface area contributed by atoms with Crippen LogP contribution >= 0.6 is 34.5 Å². The summed E-state index contributed by atoms with van der Waals surface area (Å²) < 4.78 is 1.29. The summed E-state index contributed by atoms with van der Waals surface area (Å²) in [6.07, 6.45) is 9.07. The Balaban J connectivity index is 1.47. The minimum Gasteiger partial charge on any atom is -0.136 e. The molecule has 0 unspecified atom stereocenters. The first-order chi connectivity index (χ1) is 11.2. The smallest absolute Gasteiger partial charge is 0.0412 e. The van der Waals surface area contributed by atoms with Crippen molar-refractivity contribution in [3.05, 3.63) is 75.1 Å². The third-order valence-corrected chi connectivity index (χ3v) is 5.31. The fourth-order valence-electron chi connectivity index (χ4n) is 2.60. The van der Waals surface area contributed by atoms with Gasteiger partial charge in [0.1, 0.15) is 0 Å². The molecule has 0 fully saturated rings. The topological polar surface area (TPSA) is 0 Å². The monoisotopic (exact) mass is 360 g/mol. The number of thiophene rings is 1. The van der Waals surface area contributed by atoms with Crippen molar-refractivity contribution in [2.75, 3.05) is 0 Å². The second kappa shape index (κ2) is 8.01. The molecule has 0 saturated carbocycles. The van der Waals surface area contributed by atoms with E-state index in [1.807, 2.05) is 35.6 Å². The summed E-state index contributed by atoms with van der Waals surface area (Å²) in [7, 11) is 0. The second-order valence-electron chi connectivity index (χ2n) is 5.61. The molecule has 0 nitrogen and oxygen atoms in total. The highest BCUT2D eigenvalue weighted by Gasteiger charge is 2.00. The molecule has 23 heavy (non-hydrogen) atoms. The number of aryl methyl sites for hydroxylation is 1. The summed E-state index contributed by atoms with van der Waals surface area (Å²) in [6, 6.07) is 16.4. The third-order valence-electron chi connectivity index (χ3n) is 3.75. The molecule has 3 aromatic rings. The Hall–Kier alpha value is -1.28. The van der Waals surface area contributed by atoms with Crippen molar-refractivity contribution in [2.45, 2.75) is 25.7 Å². The van der Waals surface area contributed by atoms with Crippen LogP contribution in [0.3, 0.4) is 0 Å². The SMILES string of the molecule is Clc1cccc(CCCC/C=C/c2cc3cc(Cl)ccc3s2)c1. The van der Waals surface area contributed by atoms with E-state index in [0.717, 1.165) is 22.9 Å². The zero-order chi connectivity index (χ0) is 16.1. The van der Waals surface area contributed by atoms with Gasteiger partial charge in [0, 0.05) is 19.6 Å². The molecule has 0 bridgehead atoms. The Labute approximate surface area is 151 Å². The van der Waals surface area contributed by atoms with Crippen LogP contribution in [0.4, 0.5) is 0 Å². The van der Waals surface area contributed by atoms with Crippen LogP contribution in [0.15, 0.2) is 54.6 Å². The van der Waals surface area contributed by atoms with Gasteiger partial charge in [0.05, 0.1) is 0 Å². The normalized spacial score (nSPS) is 11.6. The van der Waals surface area contributed by atoms with E-state index in [0.29, 0.717) is 0 Å². The van der Waals surface area contributed by atoms with Gasteiger partial charge in [-0.3, -0.25) is 0 Å². The molecule has 1 aromatic heterocycles. The standard InChI is InChI=1S/C20H18Cl2S/c21-17-8-5-7-15(12-17)6-3-1-2-4-9-19-14-16-13-18(22)10-11-20(16)23-19/h4-5,7-14H,1-3,6H2/b9-4+. The quantitative estimate of drug-likeness (QED) is 0.396. The zero-order valence-corrected chi connectivity index (χ0v) is 15.1. The molecule has 0 N–H and O–H groups in total. The van der Waals surface area contributed by atoms with Gasteiger partial charge in [-0.25, -0.2) is 0 Å². The Bertz CT molecular complexity index is 817. The van der Waals surface area contributed by atoms with Gasteiger partial charge in [-0.05, 0) is 79.1 Å². The molecule has 0 saturated heterocycles. The first kappa shape index (κ1) is 16.6. The zero-order valence-electron chi connectivity index (χ0n) is 12.8. The maximum atomic E-state index is 6.03. The predicted octanol–water partition coefficient (Wildman–Crippen LogP) is 7.63. The van der Waals surface area contributed by atoms with Crippen LogP contribution in [0.25, 0.3) is 16.2 Å². The minimum absolute atomic E-state index is 0.798. The molecule has 2 aromatic carbocycles. The number of halogens is 2. The highest BCUT2D eigenvalue weighted by molar-refractivity contribution is 7.19. The molecule has 0 aliphatic carbocycles. The summed E-state index contributed by atoms with van der Waals surface area (Å²) in [5, 5.41) is 2.85. The van der Waals surface area contributed by atoms with Crippen LogP contribution in [0, 0.1) is 0 Å². The summed E-state index contributed by atoms with van der Waals surface area (Å²) in [4.78, 5) is 1.29. The number of hydrogen-bond donors (Lipinski definition) is 0. The molecule has 0 spiro atoms. The molecule has 0 radical (unpaired) electrons. The summed E-state index contributed by atoms with van der Waals surface area (Å²) in [5.74, 6) is 0. The highest BCUT2D eigenvalue weighted by Crippen LogP contribution is 2.29. The van der Waals surface area contributed by atoms with Crippen molar-refractivity contribution in [2.24, 2.45) is 0 Å². The van der Waals surface area contributed by atoms with Crippen LogP contribution in [-0.4, -0.2) is 0 Å². The lowest BCUT2D eigenvalue weighted by Crippen LogP contribution is -1.84. The van der Waals surface area contributed by atoms with Crippen LogP contribution < -0.4 is 0 Å². The van der Waals surface area contributed by atoms with E-state index in [2.05, 4.69) is 36.4 Å². The highest BCUT2D eigenvalue weighted by atomic mass is 35.5. The van der Waals surface area contributed by atoms with Crippen LogP contribution in [-0.2, 0) is 6.42 Å². The third kappa shape index (κ3) is 4.84. The number of unbranched alkanes of at least 4 members (excludes halogenated alkanes) is 2. The lowest BCUT2D eigenvalue weighted by atomic mass is 10.1. The van der Waals surface area contributed by atoms with Gasteiger partial charge in [0.15, 0.2) is 0 Å². The van der Waals surface area contributed by atoms with Gasteiger partial charge in [-0.1, -0.05) is 41.4 Å². The predicted molar refractivity (Wildman–Crippen MR) is 105 cm³/mol. The number of fused-ring (bicyclic) bond motifs is 1. The number of benzene rings is 2. The molecule has 3 rings (SSSR count). The van der Waals surface area contributed by atoms with Crippen molar-refractivity contribution < 1.29 is 0 Å². The molecule has 118 valence electrons. The van der Waals surface area contributed by atoms with E-state index in [1.54, 1.807) is 0 Å². The van der Waals surface area contributed by atoms with Crippen molar-refractivity contribution in [1.29, 1.82) is 0 Å². The fraction of sp³-hybridized carbons (Fsp3) is 0.200. The summed E-state index contributed by atoms with van der Waals surface area (Å²) in [6.45, 7) is 0. The number of hydrogen-bond acceptors (Lipinski definition) is 1. The van der Waals surface area contributed by atoms with E-state index in [4.69, 9.17) is 23.2 Å². The molecule has 0 aliphatic heterocycles. The Kier molecular flexibility index (Phi) is 5.77. The lowest BCUT2D eigenvalue weighted by Gasteiger charge is -2.00. The summed E-state index contributed by atoms with van der Waals surface area (Å²) >= 11 is 13.8. The molecule has 0 aliphatic rings. The van der Waals surface area contributed by atoms with Gasteiger partial charge in [-0.2, -0.15) is 0 Å². The average molecular weight is 361 g/mol. The lowest BCUT2D eigenvalue weighted by molar-refractivity contribution is 0.749. The molecule has 0 amide bonds. The molecular weight excluding hydrogens is 343 g/mol. The molecule has 0 atom stereocenters. The second-order valence-corrected chi connectivity index (χ2v) is 7.60. The van der Waals surface area contributed by atoms with Gasteiger partial charge in [0.2, 0.25) is 0 Å². The maximum absolute atomic E-state index is 6.03. The van der Waals surface area contributed by atoms with E-state index in [-0.39, 0.29) is 0 Å². The van der Waals surface area contributed by atoms with Crippen molar-refractivity contribution >= 4 is 50.7 Å². The molecule has 3 heteroatoms. The Morgan fingerprint density at radius 2 is 1.78 bits per heavy atom. The Morgan fingerprint density at radius 1 is 0.913 bits per heavy atom. The summed E-state index contributed by atoms with van der Waals surface area (Å²) in [5.41, 5.74) is 1.32. The van der Waals surface area contributed by atoms with Gasteiger partial charge < -0.3 is 0 Å². The van der Waals surface area contributed by atoms with E-state index in [1.165, 1.54) is 33.4 Å². The molecular formula is C20H18Cl2S. The molecule has 1 heterocycles. The van der Waals surface area contributed by atoms with Gasteiger partial charge in [-0.15, -0.1) is 11.3 Å². The van der Waals surface area contributed by atoms with E-state index < -0.39 is 0 Å². The fourth-order valence-corrected chi connectivity index (χ4v) is 3.97. The maximum Gasteiger partial charge on any atom is 0.0412 e. The number of allylic oxidation sites excluding steroid dienone is 1. The minimum atomic E-state index is 0.798. The average Bonchev–Trinajstić information content (AvgIpc) is 2.92. The largest absolute Gasteiger partial charge is 0.136 e. The van der Waals surface area contributed by atoms with E-state index in [9.17, 15) is 0 Å². The van der Waals surface area contributed by atoms with Gasteiger partial charge >= 0.3 is 0 Å². The number of rotatable bonds is 6. The van der Waals surface area contributed by atoms with Crippen molar-refractivity contribution in [3.63, 3.8) is 0 Å².